The molecule has 1 aliphatic rings. The summed E-state index contributed by atoms with van der Waals surface area (Å²) in [7, 11) is 1.57. The molecule has 0 bridgehead atoms. The molecule has 2 aromatic rings. The Kier molecular flexibility index (Phi) is 3.15. The van der Waals surface area contributed by atoms with Gasteiger partial charge in [-0.2, -0.15) is 10.1 Å². The third-order valence-electron chi connectivity index (χ3n) is 2.99. The number of hydrogen-bond donors (Lipinski definition) is 2. The maximum absolute atomic E-state index is 12.4. The van der Waals surface area contributed by atoms with Crippen molar-refractivity contribution in [3.8, 4) is 0 Å². The first-order valence-electron chi connectivity index (χ1n) is 6.29. The number of fused-ring (bicyclic) bond motifs is 1. The van der Waals surface area contributed by atoms with Crippen molar-refractivity contribution in [2.45, 2.75) is 0 Å². The van der Waals surface area contributed by atoms with Gasteiger partial charge in [0, 0.05) is 13.2 Å². The lowest BCUT2D eigenvalue weighted by atomic mass is 10.1. The zero-order valence-electron chi connectivity index (χ0n) is 11.3. The van der Waals surface area contributed by atoms with Crippen LogP contribution in [0, 0.1) is 0 Å². The second-order valence-electron chi connectivity index (χ2n) is 4.39. The number of nitrogens with one attached hydrogen (secondary N) is 1. The number of aliphatic hydroxyl groups is 1. The van der Waals surface area contributed by atoms with E-state index in [1.54, 1.807) is 55.7 Å². The van der Waals surface area contributed by atoms with Gasteiger partial charge in [-0.1, -0.05) is 18.2 Å². The minimum absolute atomic E-state index is 0.130. The Balaban J connectivity index is 1.93. The van der Waals surface area contributed by atoms with E-state index in [0.29, 0.717) is 17.1 Å². The van der Waals surface area contributed by atoms with Crippen LogP contribution in [0.4, 0.5) is 16.3 Å². The Bertz CT molecular complexity index is 702. The molecule has 2 N–H and O–H groups in total. The third-order valence-corrected chi connectivity index (χ3v) is 2.99. The summed E-state index contributed by atoms with van der Waals surface area (Å²) >= 11 is 0. The highest BCUT2D eigenvalue weighted by molar-refractivity contribution is 6.07. The molecule has 0 saturated heterocycles. The molecule has 0 saturated carbocycles. The van der Waals surface area contributed by atoms with Gasteiger partial charge in [-0.05, 0) is 24.3 Å². The summed E-state index contributed by atoms with van der Waals surface area (Å²) < 4.78 is 0. The van der Waals surface area contributed by atoms with Crippen molar-refractivity contribution in [2.75, 3.05) is 17.4 Å². The lowest BCUT2D eigenvalue weighted by molar-refractivity contribution is 0.233. The van der Waals surface area contributed by atoms with Crippen LogP contribution in [-0.4, -0.2) is 34.2 Å². The molecule has 3 rings (SSSR count). The molecule has 7 nitrogen and oxygen atoms in total. The SMILES string of the molecule is CN1N=C(O)c2ccccc2N1C(=O)Nc1ccccn1. The summed E-state index contributed by atoms with van der Waals surface area (Å²) in [5, 5.41) is 19.1. The van der Waals surface area contributed by atoms with Crippen LogP contribution in [0.3, 0.4) is 0 Å². The number of pyridine rings is 1. The number of aliphatic hydroxyl groups excluding tert-OH is 1. The number of carbonyl (C=O) groups is 1. The number of urea groups is 1. The van der Waals surface area contributed by atoms with Crippen LogP contribution in [0.5, 0.6) is 0 Å². The Labute approximate surface area is 121 Å². The van der Waals surface area contributed by atoms with Crippen LogP contribution in [0.2, 0.25) is 0 Å². The number of amides is 2. The highest BCUT2D eigenvalue weighted by Gasteiger charge is 2.28. The van der Waals surface area contributed by atoms with Crippen LogP contribution in [0.25, 0.3) is 0 Å². The van der Waals surface area contributed by atoms with Crippen LogP contribution < -0.4 is 10.3 Å². The lowest BCUT2D eigenvalue weighted by Crippen LogP contribution is -2.47. The molecule has 0 aliphatic carbocycles. The number of hydrazine groups is 1. The fourth-order valence-corrected chi connectivity index (χ4v) is 2.08. The van der Waals surface area contributed by atoms with E-state index in [9.17, 15) is 9.90 Å². The highest BCUT2D eigenvalue weighted by Crippen LogP contribution is 2.26. The molecule has 0 radical (unpaired) electrons. The highest BCUT2D eigenvalue weighted by atomic mass is 16.3. The molecule has 2 heterocycles. The predicted octanol–water partition coefficient (Wildman–Crippen LogP) is 2.20. The molecule has 0 fully saturated rings. The van der Waals surface area contributed by atoms with E-state index < -0.39 is 6.03 Å². The van der Waals surface area contributed by atoms with Gasteiger partial charge in [0.15, 0.2) is 0 Å². The van der Waals surface area contributed by atoms with Gasteiger partial charge in [0.25, 0.3) is 0 Å². The van der Waals surface area contributed by atoms with Crippen molar-refractivity contribution in [1.29, 1.82) is 0 Å². The average Bonchev–Trinajstić information content (AvgIpc) is 2.48. The van der Waals surface area contributed by atoms with Gasteiger partial charge < -0.3 is 5.11 Å². The Morgan fingerprint density at radius 3 is 2.71 bits per heavy atom. The van der Waals surface area contributed by atoms with Gasteiger partial charge in [0.1, 0.15) is 5.82 Å². The van der Waals surface area contributed by atoms with E-state index in [1.807, 2.05) is 0 Å². The summed E-state index contributed by atoms with van der Waals surface area (Å²) in [4.78, 5) is 16.5. The first-order chi connectivity index (χ1) is 10.2. The first-order valence-corrected chi connectivity index (χ1v) is 6.29. The molecular formula is C14H13N5O2. The normalized spacial score (nSPS) is 13.5. The molecule has 0 spiro atoms. The van der Waals surface area contributed by atoms with Crippen molar-refractivity contribution in [3.05, 3.63) is 54.2 Å². The fraction of sp³-hybridized carbons (Fsp3) is 0.0714. The molecule has 1 aromatic carbocycles. The molecule has 0 unspecified atom stereocenters. The van der Waals surface area contributed by atoms with Crippen molar-refractivity contribution >= 4 is 23.4 Å². The molecule has 7 heteroatoms. The van der Waals surface area contributed by atoms with Crippen molar-refractivity contribution in [3.63, 3.8) is 0 Å². The number of carbonyl (C=O) groups excluding carboxylic acids is 1. The van der Waals surface area contributed by atoms with Crippen molar-refractivity contribution in [1.82, 2.24) is 10.1 Å². The molecule has 1 aromatic heterocycles. The van der Waals surface area contributed by atoms with Crippen LogP contribution >= 0.6 is 0 Å². The topological polar surface area (TPSA) is 81.1 Å². The predicted molar refractivity (Wildman–Crippen MR) is 79.1 cm³/mol. The minimum atomic E-state index is -0.417. The first kappa shape index (κ1) is 12.9. The summed E-state index contributed by atoms with van der Waals surface area (Å²) in [5.74, 6) is 0.308. The Morgan fingerprint density at radius 1 is 1.19 bits per heavy atom. The second-order valence-corrected chi connectivity index (χ2v) is 4.39. The fourth-order valence-electron chi connectivity index (χ4n) is 2.08. The number of anilines is 2. The quantitative estimate of drug-likeness (QED) is 0.840. The third kappa shape index (κ3) is 2.36. The van der Waals surface area contributed by atoms with Gasteiger partial charge in [0.2, 0.25) is 5.90 Å². The summed E-state index contributed by atoms with van der Waals surface area (Å²) in [6.45, 7) is 0. The Morgan fingerprint density at radius 2 is 1.95 bits per heavy atom. The van der Waals surface area contributed by atoms with E-state index in [0.717, 1.165) is 0 Å². The van der Waals surface area contributed by atoms with E-state index in [1.165, 1.54) is 10.1 Å². The van der Waals surface area contributed by atoms with E-state index in [4.69, 9.17) is 0 Å². The molecule has 2 amide bonds. The van der Waals surface area contributed by atoms with Gasteiger partial charge in [-0.3, -0.25) is 5.32 Å². The van der Waals surface area contributed by atoms with Gasteiger partial charge in [-0.15, -0.1) is 5.10 Å². The van der Waals surface area contributed by atoms with Crippen LogP contribution in [-0.2, 0) is 0 Å². The van der Waals surface area contributed by atoms with E-state index >= 15 is 0 Å². The number of benzene rings is 1. The number of nitrogens with zero attached hydrogens (tertiary/aromatic N) is 4. The summed E-state index contributed by atoms with van der Waals surface area (Å²) in [6.07, 6.45) is 1.59. The van der Waals surface area contributed by atoms with Gasteiger partial charge in [-0.25, -0.2) is 9.78 Å². The monoisotopic (exact) mass is 283 g/mol. The standard InChI is InChI=1S/C14H13N5O2/c1-18-17-13(20)10-6-2-3-7-11(10)19(18)14(21)16-12-8-4-5-9-15-12/h2-9H,1H3,(H,17,20)(H,15,16,21). The van der Waals surface area contributed by atoms with Crippen molar-refractivity contribution in [2.24, 2.45) is 5.10 Å². The average molecular weight is 283 g/mol. The van der Waals surface area contributed by atoms with Crippen LogP contribution in [0.15, 0.2) is 53.8 Å². The maximum atomic E-state index is 12.4. The van der Waals surface area contributed by atoms with Gasteiger partial charge in [0.05, 0.1) is 11.3 Å². The number of hydrogen-bond acceptors (Lipinski definition) is 4. The Hall–Kier alpha value is -3.09. The van der Waals surface area contributed by atoms with Crippen LogP contribution in [0.1, 0.15) is 5.56 Å². The second kappa shape index (κ2) is 5.12. The zero-order chi connectivity index (χ0) is 14.8. The van der Waals surface area contributed by atoms with E-state index in [-0.39, 0.29) is 5.90 Å². The smallest absolute Gasteiger partial charge is 0.347 e. The zero-order valence-corrected chi connectivity index (χ0v) is 11.3. The molecular weight excluding hydrogens is 270 g/mol. The maximum Gasteiger partial charge on any atom is 0.347 e. The molecule has 106 valence electrons. The van der Waals surface area contributed by atoms with Gasteiger partial charge >= 0.3 is 6.03 Å². The molecule has 1 aliphatic heterocycles. The molecule has 0 atom stereocenters. The summed E-state index contributed by atoms with van der Waals surface area (Å²) in [6, 6.07) is 11.8. The van der Waals surface area contributed by atoms with Crippen molar-refractivity contribution < 1.29 is 9.90 Å². The summed E-state index contributed by atoms with van der Waals surface area (Å²) in [5.41, 5.74) is 1.03. The number of aromatic nitrogens is 1. The number of hydrazone groups is 1. The number of para-hydroxylation sites is 1. The van der Waals surface area contributed by atoms with E-state index in [2.05, 4.69) is 15.4 Å². The molecule has 21 heavy (non-hydrogen) atoms. The largest absolute Gasteiger partial charge is 0.492 e. The minimum Gasteiger partial charge on any atom is -0.492 e. The lowest BCUT2D eigenvalue weighted by Gasteiger charge is -2.33. The number of rotatable bonds is 1.